The second-order valence-corrected chi connectivity index (χ2v) is 2.25. The van der Waals surface area contributed by atoms with Crippen LogP contribution in [-0.4, -0.2) is 14.7 Å². The first-order chi connectivity index (χ1) is 6.16. The highest BCUT2D eigenvalue weighted by atomic mass is 16.3. The number of allylic oxidation sites excluding steroid dienone is 2. The molecule has 1 aromatic rings. The largest absolute Gasteiger partial charge is 0.494 e. The summed E-state index contributed by atoms with van der Waals surface area (Å²) in [4.78, 5) is 14.5. The zero-order valence-electron chi connectivity index (χ0n) is 6.84. The lowest BCUT2D eigenvalue weighted by Gasteiger charge is -2.04. The molecule has 0 aliphatic rings. The van der Waals surface area contributed by atoms with Crippen molar-refractivity contribution in [3.8, 4) is 0 Å². The fourth-order valence-corrected chi connectivity index (χ4v) is 0.830. The van der Waals surface area contributed by atoms with E-state index in [1.165, 1.54) is 24.4 Å². The van der Waals surface area contributed by atoms with E-state index < -0.39 is 5.69 Å². The quantitative estimate of drug-likeness (QED) is 0.507. The van der Waals surface area contributed by atoms with Gasteiger partial charge in [-0.2, -0.15) is 0 Å². The van der Waals surface area contributed by atoms with Crippen LogP contribution in [0.4, 0.5) is 5.82 Å². The van der Waals surface area contributed by atoms with E-state index in [9.17, 15) is 9.90 Å². The predicted octanol–water partition coefficient (Wildman–Crippen LogP) is 0.368. The minimum atomic E-state index is -0.629. The van der Waals surface area contributed by atoms with Gasteiger partial charge in [0.1, 0.15) is 5.82 Å². The van der Waals surface area contributed by atoms with E-state index in [-0.39, 0.29) is 11.7 Å². The molecule has 0 spiro atoms. The van der Waals surface area contributed by atoms with E-state index in [1.807, 2.05) is 0 Å². The number of anilines is 1. The summed E-state index contributed by atoms with van der Waals surface area (Å²) >= 11 is 0. The van der Waals surface area contributed by atoms with E-state index in [1.54, 1.807) is 0 Å². The van der Waals surface area contributed by atoms with Gasteiger partial charge in [-0.3, -0.25) is 0 Å². The number of rotatable bonds is 2. The maximum atomic E-state index is 11.1. The molecule has 0 bridgehead atoms. The molecule has 1 rings (SSSR count). The molecule has 0 saturated carbocycles. The Morgan fingerprint density at radius 3 is 3.00 bits per heavy atom. The normalized spacial score (nSPS) is 11.2. The lowest BCUT2D eigenvalue weighted by atomic mass is 10.5. The number of hydrogen-bond donors (Lipinski definition) is 2. The fraction of sp³-hybridized carbons (Fsp3) is 0. The molecule has 0 aliphatic carbocycles. The molecule has 1 heterocycles. The van der Waals surface area contributed by atoms with Crippen LogP contribution in [0.1, 0.15) is 0 Å². The van der Waals surface area contributed by atoms with Crippen molar-refractivity contribution in [3.05, 3.63) is 41.5 Å². The Kier molecular flexibility index (Phi) is 2.49. The standard InChI is InChI=1S/C8H9N3O2/c1-2-3-7(12)11-6(9)4-5-10-8(11)13/h2-5,12H,1,9H2/b7-3-. The topological polar surface area (TPSA) is 81.1 Å². The Balaban J connectivity index is 3.36. The molecule has 13 heavy (non-hydrogen) atoms. The van der Waals surface area contributed by atoms with Crippen LogP contribution in [0.15, 0.2) is 35.8 Å². The van der Waals surface area contributed by atoms with Crippen molar-refractivity contribution in [1.29, 1.82) is 0 Å². The first kappa shape index (κ1) is 9.05. The molecule has 0 radical (unpaired) electrons. The van der Waals surface area contributed by atoms with Crippen LogP contribution >= 0.6 is 0 Å². The maximum absolute atomic E-state index is 11.1. The lowest BCUT2D eigenvalue weighted by Crippen LogP contribution is -2.23. The van der Waals surface area contributed by atoms with Crippen LogP contribution < -0.4 is 11.4 Å². The van der Waals surface area contributed by atoms with Gasteiger partial charge in [-0.05, 0) is 12.1 Å². The molecule has 0 fully saturated rings. The Hall–Kier alpha value is -2.04. The van der Waals surface area contributed by atoms with Gasteiger partial charge in [0.05, 0.1) is 0 Å². The second-order valence-electron chi connectivity index (χ2n) is 2.25. The number of nitrogen functional groups attached to an aromatic ring is 1. The number of aliphatic hydroxyl groups excluding tert-OH is 1. The molecule has 68 valence electrons. The molecular weight excluding hydrogens is 170 g/mol. The first-order valence-corrected chi connectivity index (χ1v) is 3.52. The summed E-state index contributed by atoms with van der Waals surface area (Å²) in [5.41, 5.74) is 4.81. The first-order valence-electron chi connectivity index (χ1n) is 3.52. The van der Waals surface area contributed by atoms with Crippen LogP contribution in [0.2, 0.25) is 0 Å². The third kappa shape index (κ3) is 1.76. The van der Waals surface area contributed by atoms with Gasteiger partial charge >= 0.3 is 5.69 Å². The minimum absolute atomic E-state index is 0.121. The van der Waals surface area contributed by atoms with Gasteiger partial charge in [0, 0.05) is 6.20 Å². The Morgan fingerprint density at radius 2 is 2.46 bits per heavy atom. The van der Waals surface area contributed by atoms with Crippen LogP contribution in [0.5, 0.6) is 0 Å². The average molecular weight is 179 g/mol. The number of aromatic nitrogens is 2. The van der Waals surface area contributed by atoms with Gasteiger partial charge in [0.2, 0.25) is 5.88 Å². The van der Waals surface area contributed by atoms with Gasteiger partial charge in [-0.1, -0.05) is 12.7 Å². The Labute approximate surface area is 74.5 Å². The van der Waals surface area contributed by atoms with Crippen molar-refractivity contribution >= 4 is 11.7 Å². The second kappa shape index (κ2) is 3.57. The Bertz CT molecular complexity index is 406. The van der Waals surface area contributed by atoms with Crippen molar-refractivity contribution in [3.63, 3.8) is 0 Å². The van der Waals surface area contributed by atoms with Crippen LogP contribution in [0.3, 0.4) is 0 Å². The smallest absolute Gasteiger partial charge is 0.356 e. The molecule has 5 heteroatoms. The molecule has 0 aliphatic heterocycles. The fourth-order valence-electron chi connectivity index (χ4n) is 0.830. The summed E-state index contributed by atoms with van der Waals surface area (Å²) in [6, 6.07) is 1.41. The van der Waals surface area contributed by atoms with Gasteiger partial charge < -0.3 is 10.8 Å². The van der Waals surface area contributed by atoms with Crippen molar-refractivity contribution in [2.75, 3.05) is 5.73 Å². The molecule has 0 aromatic carbocycles. The molecule has 0 unspecified atom stereocenters. The van der Waals surface area contributed by atoms with E-state index >= 15 is 0 Å². The van der Waals surface area contributed by atoms with E-state index in [4.69, 9.17) is 5.73 Å². The summed E-state index contributed by atoms with van der Waals surface area (Å²) in [5, 5.41) is 9.32. The summed E-state index contributed by atoms with van der Waals surface area (Å²) in [6.45, 7) is 3.37. The number of nitrogens with zero attached hydrogens (tertiary/aromatic N) is 2. The molecular formula is C8H9N3O2. The van der Waals surface area contributed by atoms with Gasteiger partial charge in [0.25, 0.3) is 0 Å². The zero-order chi connectivity index (χ0) is 9.84. The van der Waals surface area contributed by atoms with E-state index in [0.29, 0.717) is 0 Å². The van der Waals surface area contributed by atoms with Gasteiger partial charge in [0.15, 0.2) is 0 Å². The third-order valence-electron chi connectivity index (χ3n) is 1.38. The number of nitrogens with two attached hydrogens (primary N) is 1. The average Bonchev–Trinajstić information content (AvgIpc) is 2.04. The molecule has 0 amide bonds. The lowest BCUT2D eigenvalue weighted by molar-refractivity contribution is 0.467. The van der Waals surface area contributed by atoms with Gasteiger partial charge in [-0.15, -0.1) is 0 Å². The van der Waals surface area contributed by atoms with Gasteiger partial charge in [-0.25, -0.2) is 14.3 Å². The third-order valence-corrected chi connectivity index (χ3v) is 1.38. The predicted molar refractivity (Wildman–Crippen MR) is 50.0 cm³/mol. The van der Waals surface area contributed by atoms with E-state index in [0.717, 1.165) is 4.57 Å². The summed E-state index contributed by atoms with van der Waals surface area (Å²) in [7, 11) is 0. The summed E-state index contributed by atoms with van der Waals surface area (Å²) in [5.74, 6) is -0.179. The van der Waals surface area contributed by atoms with Crippen molar-refractivity contribution in [2.24, 2.45) is 0 Å². The Morgan fingerprint density at radius 1 is 1.77 bits per heavy atom. The number of aliphatic hydroxyl groups is 1. The summed E-state index contributed by atoms with van der Waals surface area (Å²) < 4.78 is 0.877. The molecule has 0 saturated heterocycles. The highest BCUT2D eigenvalue weighted by molar-refractivity contribution is 5.46. The maximum Gasteiger partial charge on any atom is 0.356 e. The molecule has 3 N–H and O–H groups in total. The molecule has 1 aromatic heterocycles. The van der Waals surface area contributed by atoms with Crippen molar-refractivity contribution in [2.45, 2.75) is 0 Å². The van der Waals surface area contributed by atoms with Crippen LogP contribution in [0.25, 0.3) is 5.88 Å². The monoisotopic (exact) mass is 179 g/mol. The summed E-state index contributed by atoms with van der Waals surface area (Å²) in [6.07, 6.45) is 3.86. The number of hydrogen-bond acceptors (Lipinski definition) is 4. The highest BCUT2D eigenvalue weighted by Gasteiger charge is 2.03. The van der Waals surface area contributed by atoms with Crippen LogP contribution in [-0.2, 0) is 0 Å². The van der Waals surface area contributed by atoms with Crippen molar-refractivity contribution in [1.82, 2.24) is 9.55 Å². The van der Waals surface area contributed by atoms with E-state index in [2.05, 4.69) is 11.6 Å². The SMILES string of the molecule is C=C/C=C(\O)n1c(N)ccnc1=O. The van der Waals surface area contributed by atoms with Crippen molar-refractivity contribution < 1.29 is 5.11 Å². The molecule has 5 nitrogen and oxygen atoms in total. The molecule has 0 atom stereocenters. The minimum Gasteiger partial charge on any atom is -0.494 e. The van der Waals surface area contributed by atoms with Crippen LogP contribution in [0, 0.1) is 0 Å². The highest BCUT2D eigenvalue weighted by Crippen LogP contribution is 2.02. The zero-order valence-corrected chi connectivity index (χ0v) is 6.84.